The fraction of sp³-hybridized carbons (Fsp3) is 0.562. The van der Waals surface area contributed by atoms with Crippen LogP contribution in [0.5, 0.6) is 5.75 Å². The highest BCUT2D eigenvalue weighted by molar-refractivity contribution is 6.00. The minimum Gasteiger partial charge on any atom is -0.489 e. The number of rotatable bonds is 5. The van der Waals surface area contributed by atoms with Crippen molar-refractivity contribution >= 4 is 5.78 Å². The molecule has 1 unspecified atom stereocenters. The van der Waals surface area contributed by atoms with Crippen molar-refractivity contribution in [1.29, 1.82) is 0 Å². The molecule has 1 aromatic rings. The summed E-state index contributed by atoms with van der Waals surface area (Å²) in [4.78, 5) is 12.1. The Morgan fingerprint density at radius 3 is 2.89 bits per heavy atom. The third-order valence-corrected chi connectivity index (χ3v) is 3.52. The van der Waals surface area contributed by atoms with Gasteiger partial charge in [-0.2, -0.15) is 0 Å². The Labute approximate surface area is 109 Å². The molecule has 1 aliphatic heterocycles. The molecule has 1 aliphatic rings. The maximum Gasteiger partial charge on any atom is 0.170 e. The largest absolute Gasteiger partial charge is 0.489 e. The summed E-state index contributed by atoms with van der Waals surface area (Å²) in [5, 5.41) is 0. The number of carbonyl (C=O) groups excluding carboxylic acids is 1. The smallest absolute Gasteiger partial charge is 0.170 e. The molecule has 0 radical (unpaired) electrons. The van der Waals surface area contributed by atoms with Crippen LogP contribution in [0.25, 0.3) is 0 Å². The Bertz CT molecular complexity index is 423. The molecule has 0 spiro atoms. The van der Waals surface area contributed by atoms with Crippen molar-refractivity contribution in [3.8, 4) is 5.75 Å². The van der Waals surface area contributed by atoms with E-state index in [1.54, 1.807) is 0 Å². The van der Waals surface area contributed by atoms with Gasteiger partial charge in [-0.15, -0.1) is 0 Å². The Balaban J connectivity index is 1.96. The fourth-order valence-corrected chi connectivity index (χ4v) is 2.46. The van der Waals surface area contributed by atoms with E-state index in [0.717, 1.165) is 29.7 Å². The summed E-state index contributed by atoms with van der Waals surface area (Å²) in [5.41, 5.74) is 1.88. The average molecular weight is 246 g/mol. The maximum atomic E-state index is 12.1. The molecule has 2 nitrogen and oxygen atoms in total. The Morgan fingerprint density at radius 2 is 2.11 bits per heavy atom. The van der Waals surface area contributed by atoms with E-state index in [9.17, 15) is 4.79 Å². The molecule has 0 N–H and O–H groups in total. The van der Waals surface area contributed by atoms with Crippen LogP contribution in [0.3, 0.4) is 0 Å². The van der Waals surface area contributed by atoms with Crippen LogP contribution < -0.4 is 4.74 Å². The second kappa shape index (κ2) is 6.03. The van der Waals surface area contributed by atoms with Crippen molar-refractivity contribution in [2.24, 2.45) is 0 Å². The Morgan fingerprint density at radius 1 is 1.28 bits per heavy atom. The van der Waals surface area contributed by atoms with Gasteiger partial charge in [-0.3, -0.25) is 4.79 Å². The number of ketones is 1. The normalized spacial score (nSPS) is 18.3. The number of Topliss-reactive ketones (excluding diaryl/α,β-unsaturated/α-hetero) is 1. The van der Waals surface area contributed by atoms with E-state index in [-0.39, 0.29) is 11.9 Å². The van der Waals surface area contributed by atoms with Crippen molar-refractivity contribution in [1.82, 2.24) is 0 Å². The van der Waals surface area contributed by atoms with Crippen LogP contribution >= 0.6 is 0 Å². The number of carbonyl (C=O) groups is 1. The first-order valence-corrected chi connectivity index (χ1v) is 7.01. The Hall–Kier alpha value is -1.31. The summed E-state index contributed by atoms with van der Waals surface area (Å²) < 4.78 is 5.92. The van der Waals surface area contributed by atoms with Crippen LogP contribution in [0.2, 0.25) is 0 Å². The van der Waals surface area contributed by atoms with Crippen molar-refractivity contribution in [2.75, 3.05) is 0 Å². The number of benzene rings is 1. The SMILES string of the molecule is CCCCCCC1CC(=O)c2cc(C)ccc2O1. The fourth-order valence-electron chi connectivity index (χ4n) is 2.46. The highest BCUT2D eigenvalue weighted by atomic mass is 16.5. The highest BCUT2D eigenvalue weighted by Crippen LogP contribution is 2.30. The lowest BCUT2D eigenvalue weighted by molar-refractivity contribution is 0.0835. The summed E-state index contributed by atoms with van der Waals surface area (Å²) in [7, 11) is 0. The summed E-state index contributed by atoms with van der Waals surface area (Å²) in [5.74, 6) is 1.01. The molecule has 0 saturated heterocycles. The summed E-state index contributed by atoms with van der Waals surface area (Å²) in [6, 6.07) is 5.87. The molecule has 98 valence electrons. The molecular weight excluding hydrogens is 224 g/mol. The van der Waals surface area contributed by atoms with Crippen LogP contribution in [-0.2, 0) is 0 Å². The average Bonchev–Trinajstić information content (AvgIpc) is 2.36. The zero-order chi connectivity index (χ0) is 13.0. The quantitative estimate of drug-likeness (QED) is 0.724. The van der Waals surface area contributed by atoms with Gasteiger partial charge >= 0.3 is 0 Å². The van der Waals surface area contributed by atoms with Gasteiger partial charge in [-0.1, -0.05) is 37.8 Å². The molecule has 2 rings (SSSR count). The molecule has 1 heterocycles. The number of hydrogen-bond acceptors (Lipinski definition) is 2. The molecule has 1 aromatic carbocycles. The second-order valence-electron chi connectivity index (χ2n) is 5.22. The molecule has 18 heavy (non-hydrogen) atoms. The van der Waals surface area contributed by atoms with E-state index in [4.69, 9.17) is 4.74 Å². The van der Waals surface area contributed by atoms with E-state index >= 15 is 0 Å². The number of hydrogen-bond donors (Lipinski definition) is 0. The lowest BCUT2D eigenvalue weighted by Crippen LogP contribution is -2.26. The van der Waals surface area contributed by atoms with Crippen LogP contribution in [0, 0.1) is 6.92 Å². The van der Waals surface area contributed by atoms with Gasteiger partial charge in [0.1, 0.15) is 11.9 Å². The molecule has 0 fully saturated rings. The van der Waals surface area contributed by atoms with E-state index in [1.165, 1.54) is 19.3 Å². The van der Waals surface area contributed by atoms with Crippen LogP contribution in [0.15, 0.2) is 18.2 Å². The summed E-state index contributed by atoms with van der Waals surface area (Å²) >= 11 is 0. The number of aryl methyl sites for hydroxylation is 1. The van der Waals surface area contributed by atoms with Crippen molar-refractivity contribution < 1.29 is 9.53 Å². The van der Waals surface area contributed by atoms with Gasteiger partial charge in [0.05, 0.1) is 5.56 Å². The van der Waals surface area contributed by atoms with Crippen molar-refractivity contribution in [2.45, 2.75) is 58.5 Å². The second-order valence-corrected chi connectivity index (χ2v) is 5.22. The minimum absolute atomic E-state index is 0.0876. The molecule has 0 bridgehead atoms. The summed E-state index contributed by atoms with van der Waals surface area (Å²) in [6.45, 7) is 4.21. The highest BCUT2D eigenvalue weighted by Gasteiger charge is 2.25. The van der Waals surface area contributed by atoms with E-state index in [0.29, 0.717) is 6.42 Å². The molecule has 2 heteroatoms. The Kier molecular flexibility index (Phi) is 4.40. The molecule has 1 atom stereocenters. The van der Waals surface area contributed by atoms with E-state index in [2.05, 4.69) is 6.92 Å². The third kappa shape index (κ3) is 3.12. The lowest BCUT2D eigenvalue weighted by Gasteiger charge is -2.25. The van der Waals surface area contributed by atoms with Gasteiger partial charge < -0.3 is 4.74 Å². The number of fused-ring (bicyclic) bond motifs is 1. The monoisotopic (exact) mass is 246 g/mol. The zero-order valence-electron chi connectivity index (χ0n) is 11.4. The number of ether oxygens (including phenoxy) is 1. The lowest BCUT2D eigenvalue weighted by atomic mass is 9.96. The molecular formula is C16H22O2. The first kappa shape index (κ1) is 13.1. The van der Waals surface area contributed by atoms with Crippen LogP contribution in [-0.4, -0.2) is 11.9 Å². The zero-order valence-corrected chi connectivity index (χ0v) is 11.4. The molecule has 0 aromatic heterocycles. The van der Waals surface area contributed by atoms with E-state index < -0.39 is 0 Å². The standard InChI is InChI=1S/C16H22O2/c1-3-4-5-6-7-13-11-15(17)14-10-12(2)8-9-16(14)18-13/h8-10,13H,3-7,11H2,1-2H3. The van der Waals surface area contributed by atoms with Crippen LogP contribution in [0.4, 0.5) is 0 Å². The van der Waals surface area contributed by atoms with Crippen molar-refractivity contribution in [3.05, 3.63) is 29.3 Å². The first-order valence-electron chi connectivity index (χ1n) is 7.01. The van der Waals surface area contributed by atoms with Gasteiger partial charge in [0.15, 0.2) is 5.78 Å². The third-order valence-electron chi connectivity index (χ3n) is 3.52. The number of unbranched alkanes of at least 4 members (excludes halogenated alkanes) is 3. The first-order chi connectivity index (χ1) is 8.70. The van der Waals surface area contributed by atoms with Gasteiger partial charge in [0.25, 0.3) is 0 Å². The van der Waals surface area contributed by atoms with Gasteiger partial charge in [0.2, 0.25) is 0 Å². The summed E-state index contributed by atoms with van der Waals surface area (Å²) in [6.07, 6.45) is 6.55. The van der Waals surface area contributed by atoms with E-state index in [1.807, 2.05) is 25.1 Å². The topological polar surface area (TPSA) is 26.3 Å². The van der Waals surface area contributed by atoms with Gasteiger partial charge in [-0.05, 0) is 31.9 Å². The minimum atomic E-state index is 0.0876. The van der Waals surface area contributed by atoms with Gasteiger partial charge in [-0.25, -0.2) is 0 Å². The van der Waals surface area contributed by atoms with Crippen molar-refractivity contribution in [3.63, 3.8) is 0 Å². The predicted octanol–water partition coefficient (Wildman–Crippen LogP) is 4.30. The predicted molar refractivity (Wildman–Crippen MR) is 73.3 cm³/mol. The van der Waals surface area contributed by atoms with Gasteiger partial charge in [0, 0.05) is 6.42 Å². The van der Waals surface area contributed by atoms with Crippen LogP contribution in [0.1, 0.15) is 61.4 Å². The maximum absolute atomic E-state index is 12.1. The molecule has 0 aliphatic carbocycles. The molecule has 0 amide bonds. The molecule has 0 saturated carbocycles.